The van der Waals surface area contributed by atoms with Crippen LogP contribution in [0.5, 0.6) is 11.5 Å². The Labute approximate surface area is 175 Å². The van der Waals surface area contributed by atoms with Crippen LogP contribution in [0, 0.1) is 0 Å². The highest BCUT2D eigenvalue weighted by Crippen LogP contribution is 2.15. The summed E-state index contributed by atoms with van der Waals surface area (Å²) in [6.45, 7) is 0.575. The lowest BCUT2D eigenvalue weighted by molar-refractivity contribution is 0.0977. The van der Waals surface area contributed by atoms with E-state index >= 15 is 0 Å². The van der Waals surface area contributed by atoms with Crippen molar-refractivity contribution in [2.24, 2.45) is 0 Å². The van der Waals surface area contributed by atoms with Gasteiger partial charge < -0.3 is 14.8 Å². The topological polar surface area (TPSA) is 59.6 Å². The zero-order valence-corrected chi connectivity index (χ0v) is 16.9. The Morgan fingerprint density at radius 1 is 0.897 bits per heavy atom. The molecule has 0 saturated heterocycles. The van der Waals surface area contributed by atoms with Crippen LogP contribution in [0.15, 0.2) is 78.9 Å². The predicted molar refractivity (Wildman–Crippen MR) is 119 cm³/mol. The third-order valence-electron chi connectivity index (χ3n) is 4.19. The maximum absolute atomic E-state index is 12.4. The van der Waals surface area contributed by atoms with E-state index < -0.39 is 0 Å². The lowest BCUT2D eigenvalue weighted by Gasteiger charge is -2.11. The second-order valence-electron chi connectivity index (χ2n) is 6.25. The molecule has 2 N–H and O–H groups in total. The van der Waals surface area contributed by atoms with E-state index in [1.54, 1.807) is 31.4 Å². The fraction of sp³-hybridized carbons (Fsp3) is 0.130. The van der Waals surface area contributed by atoms with Crippen molar-refractivity contribution < 1.29 is 14.3 Å². The Morgan fingerprint density at radius 3 is 2.21 bits per heavy atom. The SMILES string of the molecule is COc1ccc(NC(=S)NC(=O)c2ccc(OCCc3ccccc3)cc2)cc1. The molecule has 0 fully saturated rings. The van der Waals surface area contributed by atoms with Gasteiger partial charge in [-0.15, -0.1) is 0 Å². The molecule has 3 aromatic carbocycles. The molecule has 0 atom stereocenters. The van der Waals surface area contributed by atoms with Crippen molar-refractivity contribution in [3.8, 4) is 11.5 Å². The van der Waals surface area contributed by atoms with E-state index in [1.165, 1.54) is 5.56 Å². The maximum Gasteiger partial charge on any atom is 0.257 e. The molecule has 0 radical (unpaired) electrons. The predicted octanol–water partition coefficient (Wildman–Crippen LogP) is 4.44. The molecule has 3 rings (SSSR count). The number of hydrogen-bond donors (Lipinski definition) is 2. The molecule has 0 spiro atoms. The largest absolute Gasteiger partial charge is 0.497 e. The van der Waals surface area contributed by atoms with Gasteiger partial charge in [0.1, 0.15) is 11.5 Å². The van der Waals surface area contributed by atoms with Gasteiger partial charge in [-0.25, -0.2) is 0 Å². The number of ether oxygens (including phenoxy) is 2. The second-order valence-corrected chi connectivity index (χ2v) is 6.65. The van der Waals surface area contributed by atoms with Crippen molar-refractivity contribution in [2.45, 2.75) is 6.42 Å². The van der Waals surface area contributed by atoms with Crippen LogP contribution in [0.1, 0.15) is 15.9 Å². The van der Waals surface area contributed by atoms with Gasteiger partial charge in [0.25, 0.3) is 5.91 Å². The normalized spacial score (nSPS) is 10.1. The van der Waals surface area contributed by atoms with Gasteiger partial charge in [0.15, 0.2) is 5.11 Å². The molecular weight excluding hydrogens is 384 g/mol. The van der Waals surface area contributed by atoms with Gasteiger partial charge in [-0.05, 0) is 66.3 Å². The number of thiocarbonyl (C=S) groups is 1. The zero-order chi connectivity index (χ0) is 20.5. The third-order valence-corrected chi connectivity index (χ3v) is 4.40. The van der Waals surface area contributed by atoms with Crippen LogP contribution in [0.4, 0.5) is 5.69 Å². The van der Waals surface area contributed by atoms with E-state index in [4.69, 9.17) is 21.7 Å². The Hall–Kier alpha value is -3.38. The van der Waals surface area contributed by atoms with Crippen LogP contribution in [0.2, 0.25) is 0 Å². The van der Waals surface area contributed by atoms with Crippen molar-refractivity contribution in [3.05, 3.63) is 90.0 Å². The quantitative estimate of drug-likeness (QED) is 0.568. The van der Waals surface area contributed by atoms with Crippen LogP contribution >= 0.6 is 12.2 Å². The smallest absolute Gasteiger partial charge is 0.257 e. The van der Waals surface area contributed by atoms with Crippen LogP contribution in [-0.2, 0) is 6.42 Å². The van der Waals surface area contributed by atoms with Gasteiger partial charge in [0.05, 0.1) is 13.7 Å². The van der Waals surface area contributed by atoms with Crippen LogP contribution < -0.4 is 20.1 Å². The molecule has 0 bridgehead atoms. The third kappa shape index (κ3) is 6.33. The first kappa shape index (κ1) is 20.4. The highest BCUT2D eigenvalue weighted by Gasteiger charge is 2.08. The van der Waals surface area contributed by atoms with Gasteiger partial charge >= 0.3 is 0 Å². The highest BCUT2D eigenvalue weighted by atomic mass is 32.1. The fourth-order valence-corrected chi connectivity index (χ4v) is 2.86. The monoisotopic (exact) mass is 406 g/mol. The Bertz CT molecular complexity index is 942. The standard InChI is InChI=1S/C23H22N2O3S/c1-27-20-13-9-19(10-14-20)24-23(29)25-22(26)18-7-11-21(12-8-18)28-16-15-17-5-3-2-4-6-17/h2-14H,15-16H2,1H3,(H2,24,25,26,29). The minimum Gasteiger partial charge on any atom is -0.497 e. The molecule has 3 aromatic rings. The number of carbonyl (C=O) groups is 1. The Morgan fingerprint density at radius 2 is 1.55 bits per heavy atom. The highest BCUT2D eigenvalue weighted by molar-refractivity contribution is 7.80. The minimum atomic E-state index is -0.285. The lowest BCUT2D eigenvalue weighted by atomic mass is 10.2. The van der Waals surface area contributed by atoms with E-state index in [9.17, 15) is 4.79 Å². The molecule has 0 heterocycles. The summed E-state index contributed by atoms with van der Waals surface area (Å²) < 4.78 is 10.9. The van der Waals surface area contributed by atoms with E-state index in [1.807, 2.05) is 42.5 Å². The average Bonchev–Trinajstić information content (AvgIpc) is 2.75. The number of anilines is 1. The van der Waals surface area contributed by atoms with E-state index in [-0.39, 0.29) is 11.0 Å². The van der Waals surface area contributed by atoms with E-state index in [2.05, 4.69) is 22.8 Å². The maximum atomic E-state index is 12.4. The van der Waals surface area contributed by atoms with Crippen molar-refractivity contribution >= 4 is 28.9 Å². The number of methoxy groups -OCH3 is 1. The summed E-state index contributed by atoms with van der Waals surface area (Å²) in [5, 5.41) is 5.86. The molecule has 1 amide bonds. The Balaban J connectivity index is 1.47. The summed E-state index contributed by atoms with van der Waals surface area (Å²) in [6, 6.07) is 24.4. The average molecular weight is 407 g/mol. The summed E-state index contributed by atoms with van der Waals surface area (Å²) >= 11 is 5.20. The van der Waals surface area contributed by atoms with Gasteiger partial charge in [0.2, 0.25) is 0 Å². The van der Waals surface area contributed by atoms with E-state index in [0.29, 0.717) is 12.2 Å². The van der Waals surface area contributed by atoms with Crippen LogP contribution in [0.3, 0.4) is 0 Å². The van der Waals surface area contributed by atoms with Crippen molar-refractivity contribution in [1.29, 1.82) is 0 Å². The molecule has 29 heavy (non-hydrogen) atoms. The van der Waals surface area contributed by atoms with Crippen molar-refractivity contribution in [2.75, 3.05) is 19.0 Å². The molecule has 0 aliphatic heterocycles. The molecule has 0 aromatic heterocycles. The number of nitrogens with one attached hydrogen (secondary N) is 2. The number of amides is 1. The van der Waals surface area contributed by atoms with Crippen molar-refractivity contribution in [1.82, 2.24) is 5.32 Å². The Kier molecular flexibility index (Phi) is 7.19. The number of carbonyl (C=O) groups excluding carboxylic acids is 1. The summed E-state index contributed by atoms with van der Waals surface area (Å²) in [7, 11) is 1.60. The summed E-state index contributed by atoms with van der Waals surface area (Å²) in [4.78, 5) is 12.4. The van der Waals surface area contributed by atoms with Crippen LogP contribution in [-0.4, -0.2) is 24.7 Å². The first-order valence-electron chi connectivity index (χ1n) is 9.17. The minimum absolute atomic E-state index is 0.225. The molecule has 148 valence electrons. The lowest BCUT2D eigenvalue weighted by Crippen LogP contribution is -2.34. The molecular formula is C23H22N2O3S. The summed E-state index contributed by atoms with van der Waals surface area (Å²) in [5.74, 6) is 1.18. The fourth-order valence-electron chi connectivity index (χ4n) is 2.65. The van der Waals surface area contributed by atoms with Gasteiger partial charge in [-0.1, -0.05) is 30.3 Å². The molecule has 0 aliphatic rings. The molecule has 5 nitrogen and oxygen atoms in total. The van der Waals surface area contributed by atoms with Crippen LogP contribution in [0.25, 0.3) is 0 Å². The summed E-state index contributed by atoms with van der Waals surface area (Å²) in [6.07, 6.45) is 0.828. The van der Waals surface area contributed by atoms with E-state index in [0.717, 1.165) is 23.6 Å². The number of rotatable bonds is 7. The first-order valence-corrected chi connectivity index (χ1v) is 9.58. The molecule has 0 unspecified atom stereocenters. The van der Waals surface area contributed by atoms with Gasteiger partial charge in [-0.2, -0.15) is 0 Å². The van der Waals surface area contributed by atoms with Gasteiger partial charge in [-0.3, -0.25) is 10.1 Å². The summed E-state index contributed by atoms with van der Waals surface area (Å²) in [5.41, 5.74) is 2.49. The van der Waals surface area contributed by atoms with Crippen molar-refractivity contribution in [3.63, 3.8) is 0 Å². The zero-order valence-electron chi connectivity index (χ0n) is 16.1. The molecule has 0 saturated carbocycles. The first-order chi connectivity index (χ1) is 14.1. The molecule has 6 heteroatoms. The second kappa shape index (κ2) is 10.2. The number of hydrogen-bond acceptors (Lipinski definition) is 4. The molecule has 0 aliphatic carbocycles. The number of benzene rings is 3. The van der Waals surface area contributed by atoms with Gasteiger partial charge in [0, 0.05) is 17.7 Å².